The average Bonchev–Trinajstić information content (AvgIpc) is 2.84. The number of halogens is 1. The minimum Gasteiger partial charge on any atom is -0.338 e. The van der Waals surface area contributed by atoms with Gasteiger partial charge in [-0.3, -0.25) is 4.79 Å². The average molecular weight is 300 g/mol. The van der Waals surface area contributed by atoms with Gasteiger partial charge in [-0.05, 0) is 30.0 Å². The maximum absolute atomic E-state index is 12.5. The molecule has 1 unspecified atom stereocenters. The molecule has 2 nitrogen and oxygen atoms in total. The van der Waals surface area contributed by atoms with Crippen LogP contribution in [0.25, 0.3) is 0 Å². The second-order valence-corrected chi connectivity index (χ2v) is 5.93. The molecule has 21 heavy (non-hydrogen) atoms. The molecule has 2 aromatic rings. The van der Waals surface area contributed by atoms with Gasteiger partial charge < -0.3 is 4.90 Å². The normalized spacial score (nSPS) is 18.2. The molecule has 2 aromatic carbocycles. The Morgan fingerprint density at radius 1 is 1.05 bits per heavy atom. The molecule has 0 bridgehead atoms. The van der Waals surface area contributed by atoms with E-state index in [0.29, 0.717) is 6.54 Å². The van der Waals surface area contributed by atoms with Gasteiger partial charge in [-0.15, -0.1) is 0 Å². The van der Waals surface area contributed by atoms with Crippen LogP contribution in [0.5, 0.6) is 0 Å². The largest absolute Gasteiger partial charge is 0.338 e. The predicted octanol–water partition coefficient (Wildman–Crippen LogP) is 3.93. The first kappa shape index (κ1) is 14.2. The Bertz CT molecular complexity index is 626. The quantitative estimate of drug-likeness (QED) is 0.837. The van der Waals surface area contributed by atoms with Crippen molar-refractivity contribution in [2.24, 2.45) is 5.92 Å². The molecule has 1 heterocycles. The molecule has 1 amide bonds. The van der Waals surface area contributed by atoms with Crippen LogP contribution in [0.15, 0.2) is 54.6 Å². The number of benzene rings is 2. The summed E-state index contributed by atoms with van der Waals surface area (Å²) in [6, 6.07) is 17.9. The van der Waals surface area contributed by atoms with Gasteiger partial charge >= 0.3 is 0 Å². The zero-order valence-electron chi connectivity index (χ0n) is 11.8. The number of hydrogen-bond donors (Lipinski definition) is 0. The van der Waals surface area contributed by atoms with Crippen LogP contribution < -0.4 is 0 Å². The first-order chi connectivity index (χ1) is 10.2. The van der Waals surface area contributed by atoms with Gasteiger partial charge in [-0.25, -0.2) is 0 Å². The molecule has 0 saturated carbocycles. The lowest BCUT2D eigenvalue weighted by atomic mass is 9.98. The number of rotatable bonds is 4. The lowest BCUT2D eigenvalue weighted by Gasteiger charge is -2.17. The summed E-state index contributed by atoms with van der Waals surface area (Å²) < 4.78 is 0. The zero-order valence-corrected chi connectivity index (χ0v) is 12.6. The van der Waals surface area contributed by atoms with Crippen LogP contribution >= 0.6 is 11.6 Å². The summed E-state index contributed by atoms with van der Waals surface area (Å²) in [6.07, 6.45) is 1.65. The zero-order chi connectivity index (χ0) is 14.7. The van der Waals surface area contributed by atoms with Crippen molar-refractivity contribution in [2.45, 2.75) is 19.4 Å². The van der Waals surface area contributed by atoms with Crippen molar-refractivity contribution < 1.29 is 4.79 Å². The first-order valence-corrected chi connectivity index (χ1v) is 7.68. The summed E-state index contributed by atoms with van der Waals surface area (Å²) in [6.45, 7) is 1.54. The van der Waals surface area contributed by atoms with E-state index in [2.05, 4.69) is 12.1 Å². The van der Waals surface area contributed by atoms with E-state index in [1.54, 1.807) is 0 Å². The van der Waals surface area contributed by atoms with Crippen molar-refractivity contribution >= 4 is 17.5 Å². The smallest absolute Gasteiger partial charge is 0.226 e. The highest BCUT2D eigenvalue weighted by atomic mass is 35.5. The standard InChI is InChI=1S/C18H18ClNO/c19-17-9-5-4-8-15(17)12-16-10-11-20(18(16)21)13-14-6-2-1-3-7-14/h1-9,16H,10-13H2. The molecule has 1 aliphatic heterocycles. The second-order valence-electron chi connectivity index (χ2n) is 5.53. The van der Waals surface area contributed by atoms with Gasteiger partial charge in [0.25, 0.3) is 0 Å². The molecule has 1 atom stereocenters. The van der Waals surface area contributed by atoms with E-state index in [9.17, 15) is 4.79 Å². The summed E-state index contributed by atoms with van der Waals surface area (Å²) in [5, 5.41) is 0.756. The van der Waals surface area contributed by atoms with Gasteiger partial charge in [-0.1, -0.05) is 60.1 Å². The summed E-state index contributed by atoms with van der Waals surface area (Å²) in [7, 11) is 0. The van der Waals surface area contributed by atoms with Crippen molar-refractivity contribution in [1.82, 2.24) is 4.90 Å². The van der Waals surface area contributed by atoms with Gasteiger partial charge in [0.2, 0.25) is 5.91 Å². The lowest BCUT2D eigenvalue weighted by molar-refractivity contribution is -0.131. The Labute approximate surface area is 130 Å². The molecule has 108 valence electrons. The highest BCUT2D eigenvalue weighted by Crippen LogP contribution is 2.26. The van der Waals surface area contributed by atoms with Crippen LogP contribution in [-0.2, 0) is 17.8 Å². The van der Waals surface area contributed by atoms with Crippen molar-refractivity contribution in [2.75, 3.05) is 6.54 Å². The molecule has 0 aromatic heterocycles. The highest BCUT2D eigenvalue weighted by Gasteiger charge is 2.31. The van der Waals surface area contributed by atoms with Gasteiger partial charge in [-0.2, -0.15) is 0 Å². The third kappa shape index (κ3) is 3.27. The van der Waals surface area contributed by atoms with Crippen LogP contribution in [0.3, 0.4) is 0 Å². The monoisotopic (exact) mass is 299 g/mol. The van der Waals surface area contributed by atoms with Crippen LogP contribution in [-0.4, -0.2) is 17.4 Å². The van der Waals surface area contributed by atoms with Crippen molar-refractivity contribution in [3.63, 3.8) is 0 Å². The second kappa shape index (κ2) is 6.31. The number of amides is 1. The number of carbonyl (C=O) groups excluding carboxylic acids is 1. The maximum atomic E-state index is 12.5. The minimum atomic E-state index is 0.0635. The van der Waals surface area contributed by atoms with Gasteiger partial charge in [0, 0.05) is 24.0 Å². The predicted molar refractivity (Wildman–Crippen MR) is 85.1 cm³/mol. The van der Waals surface area contributed by atoms with E-state index in [-0.39, 0.29) is 11.8 Å². The van der Waals surface area contributed by atoms with Crippen molar-refractivity contribution in [3.8, 4) is 0 Å². The molecule has 0 N–H and O–H groups in total. The summed E-state index contributed by atoms with van der Waals surface area (Å²) in [5.74, 6) is 0.312. The Morgan fingerprint density at radius 2 is 1.76 bits per heavy atom. The SMILES string of the molecule is O=C1C(Cc2ccccc2Cl)CCN1Cc1ccccc1. The number of nitrogens with zero attached hydrogens (tertiary/aromatic N) is 1. The van der Waals surface area contributed by atoms with Gasteiger partial charge in [0.1, 0.15) is 0 Å². The summed E-state index contributed by atoms with van der Waals surface area (Å²) in [4.78, 5) is 14.5. The van der Waals surface area contributed by atoms with Crippen LogP contribution in [0.4, 0.5) is 0 Å². The molecule has 1 aliphatic rings. The first-order valence-electron chi connectivity index (χ1n) is 7.30. The molecular formula is C18H18ClNO. The fourth-order valence-corrected chi connectivity index (χ4v) is 3.10. The third-order valence-electron chi connectivity index (χ3n) is 4.05. The fourth-order valence-electron chi connectivity index (χ4n) is 2.88. The summed E-state index contributed by atoms with van der Waals surface area (Å²) >= 11 is 6.19. The lowest BCUT2D eigenvalue weighted by Crippen LogP contribution is -2.27. The van der Waals surface area contributed by atoms with E-state index in [1.165, 1.54) is 5.56 Å². The highest BCUT2D eigenvalue weighted by molar-refractivity contribution is 6.31. The van der Waals surface area contributed by atoms with E-state index >= 15 is 0 Å². The molecule has 0 aliphatic carbocycles. The van der Waals surface area contributed by atoms with Crippen molar-refractivity contribution in [3.05, 3.63) is 70.7 Å². The number of hydrogen-bond acceptors (Lipinski definition) is 1. The molecular weight excluding hydrogens is 282 g/mol. The Balaban J connectivity index is 1.65. The Morgan fingerprint density at radius 3 is 2.52 bits per heavy atom. The topological polar surface area (TPSA) is 20.3 Å². The number of carbonyl (C=O) groups is 1. The van der Waals surface area contributed by atoms with E-state index in [4.69, 9.17) is 11.6 Å². The fraction of sp³-hybridized carbons (Fsp3) is 0.278. The van der Waals surface area contributed by atoms with E-state index in [1.807, 2.05) is 47.4 Å². The molecule has 0 radical (unpaired) electrons. The van der Waals surface area contributed by atoms with Gasteiger partial charge in [0.15, 0.2) is 0 Å². The minimum absolute atomic E-state index is 0.0635. The molecule has 1 saturated heterocycles. The molecule has 1 fully saturated rings. The van der Waals surface area contributed by atoms with Crippen molar-refractivity contribution in [1.29, 1.82) is 0 Å². The van der Waals surface area contributed by atoms with E-state index < -0.39 is 0 Å². The third-order valence-corrected chi connectivity index (χ3v) is 4.42. The van der Waals surface area contributed by atoms with E-state index in [0.717, 1.165) is 30.0 Å². The molecule has 0 spiro atoms. The Kier molecular flexibility index (Phi) is 4.26. The van der Waals surface area contributed by atoms with Gasteiger partial charge in [0.05, 0.1) is 0 Å². The molecule has 3 rings (SSSR count). The maximum Gasteiger partial charge on any atom is 0.226 e. The summed E-state index contributed by atoms with van der Waals surface area (Å²) in [5.41, 5.74) is 2.25. The van der Waals surface area contributed by atoms with Crippen LogP contribution in [0.2, 0.25) is 5.02 Å². The van der Waals surface area contributed by atoms with Crippen LogP contribution in [0, 0.1) is 5.92 Å². The van der Waals surface area contributed by atoms with Crippen LogP contribution in [0.1, 0.15) is 17.5 Å². The molecule has 3 heteroatoms. The number of likely N-dealkylation sites (tertiary alicyclic amines) is 1. The Hall–Kier alpha value is -1.80.